The zero-order chi connectivity index (χ0) is 15.7. The number of rotatable bonds is 9. The lowest BCUT2D eigenvalue weighted by Crippen LogP contribution is -2.36. The summed E-state index contributed by atoms with van der Waals surface area (Å²) in [5.74, 6) is 1.32. The summed E-state index contributed by atoms with van der Waals surface area (Å²) in [5, 5.41) is 2.96. The van der Waals surface area contributed by atoms with Crippen molar-refractivity contribution in [2.24, 2.45) is 11.7 Å². The van der Waals surface area contributed by atoms with Crippen LogP contribution in [0.4, 0.5) is 0 Å². The number of ether oxygens (including phenoxy) is 1. The van der Waals surface area contributed by atoms with Gasteiger partial charge >= 0.3 is 0 Å². The van der Waals surface area contributed by atoms with Crippen molar-refractivity contribution in [3.8, 4) is 5.75 Å². The van der Waals surface area contributed by atoms with E-state index in [9.17, 15) is 4.79 Å². The molecule has 118 valence electrons. The number of hydrogen-bond donors (Lipinski definition) is 2. The monoisotopic (exact) mass is 292 g/mol. The third kappa shape index (κ3) is 7.71. The maximum atomic E-state index is 11.8. The van der Waals surface area contributed by atoms with Crippen molar-refractivity contribution < 1.29 is 9.53 Å². The van der Waals surface area contributed by atoms with E-state index >= 15 is 0 Å². The lowest BCUT2D eigenvalue weighted by molar-refractivity contribution is -0.123. The number of nitrogens with one attached hydrogen (secondary N) is 1. The van der Waals surface area contributed by atoms with Crippen LogP contribution < -0.4 is 15.8 Å². The largest absolute Gasteiger partial charge is 0.484 e. The minimum absolute atomic E-state index is 0.0442. The molecule has 4 heteroatoms. The average Bonchev–Trinajstić information content (AvgIpc) is 2.45. The maximum absolute atomic E-state index is 11.8. The summed E-state index contributed by atoms with van der Waals surface area (Å²) in [6, 6.07) is 7.70. The fourth-order valence-corrected chi connectivity index (χ4v) is 2.13. The van der Waals surface area contributed by atoms with Crippen LogP contribution >= 0.6 is 0 Å². The molecule has 0 fully saturated rings. The molecular formula is C17H28N2O2. The van der Waals surface area contributed by atoms with E-state index < -0.39 is 0 Å². The zero-order valence-electron chi connectivity index (χ0n) is 13.4. The number of amides is 1. The van der Waals surface area contributed by atoms with E-state index in [1.165, 1.54) is 6.42 Å². The first-order valence-electron chi connectivity index (χ1n) is 7.72. The van der Waals surface area contributed by atoms with Crippen LogP contribution in [0.3, 0.4) is 0 Å². The van der Waals surface area contributed by atoms with Crippen molar-refractivity contribution in [2.45, 2.75) is 52.6 Å². The normalized spacial score (nSPS) is 12.2. The highest BCUT2D eigenvalue weighted by atomic mass is 16.5. The Morgan fingerprint density at radius 2 is 2.05 bits per heavy atom. The second-order valence-electron chi connectivity index (χ2n) is 5.93. The molecule has 0 aliphatic carbocycles. The van der Waals surface area contributed by atoms with E-state index in [0.717, 1.165) is 18.4 Å². The summed E-state index contributed by atoms with van der Waals surface area (Å²) < 4.78 is 5.49. The number of carbonyl (C=O) groups is 1. The molecule has 0 aliphatic heterocycles. The van der Waals surface area contributed by atoms with E-state index in [-0.39, 0.29) is 18.6 Å². The number of carbonyl (C=O) groups excluding carboxylic acids is 1. The molecule has 1 amide bonds. The van der Waals surface area contributed by atoms with Gasteiger partial charge in [0.1, 0.15) is 5.75 Å². The Hall–Kier alpha value is -1.55. The molecule has 4 nitrogen and oxygen atoms in total. The first-order chi connectivity index (χ1) is 10.0. The molecule has 0 saturated carbocycles. The lowest BCUT2D eigenvalue weighted by Gasteiger charge is -2.15. The Balaban J connectivity index is 2.26. The van der Waals surface area contributed by atoms with Gasteiger partial charge in [0.05, 0.1) is 0 Å². The number of benzene rings is 1. The maximum Gasteiger partial charge on any atom is 0.258 e. The predicted molar refractivity (Wildman–Crippen MR) is 86.1 cm³/mol. The highest BCUT2D eigenvalue weighted by Crippen LogP contribution is 2.12. The predicted octanol–water partition coefficient (Wildman–Crippen LogP) is 2.86. The third-order valence-electron chi connectivity index (χ3n) is 3.33. The van der Waals surface area contributed by atoms with E-state index in [1.807, 2.05) is 31.2 Å². The molecule has 0 spiro atoms. The Bertz CT molecular complexity index is 433. The van der Waals surface area contributed by atoms with Crippen molar-refractivity contribution in [1.29, 1.82) is 0 Å². The molecule has 3 N–H and O–H groups in total. The summed E-state index contributed by atoms with van der Waals surface area (Å²) >= 11 is 0. The topological polar surface area (TPSA) is 64.3 Å². The molecule has 0 bridgehead atoms. The SMILES string of the molecule is CC(C)CCCC(C)NC(=O)COc1cccc(CN)c1. The van der Waals surface area contributed by atoms with Gasteiger partial charge in [-0.25, -0.2) is 0 Å². The summed E-state index contributed by atoms with van der Waals surface area (Å²) in [5.41, 5.74) is 6.57. The van der Waals surface area contributed by atoms with E-state index in [1.54, 1.807) is 0 Å². The van der Waals surface area contributed by atoms with Crippen molar-refractivity contribution in [3.05, 3.63) is 29.8 Å². The van der Waals surface area contributed by atoms with Crippen molar-refractivity contribution in [2.75, 3.05) is 6.61 Å². The minimum Gasteiger partial charge on any atom is -0.484 e. The fraction of sp³-hybridized carbons (Fsp3) is 0.588. The van der Waals surface area contributed by atoms with Crippen LogP contribution in [0.1, 0.15) is 45.6 Å². The first kappa shape index (κ1) is 17.5. The van der Waals surface area contributed by atoms with Gasteiger partial charge in [-0.05, 0) is 37.0 Å². The Kier molecular flexibility index (Phi) is 7.83. The van der Waals surface area contributed by atoms with Crippen LogP contribution in [-0.2, 0) is 11.3 Å². The second kappa shape index (κ2) is 9.40. The molecule has 0 saturated heterocycles. The van der Waals surface area contributed by atoms with Crippen LogP contribution in [-0.4, -0.2) is 18.6 Å². The van der Waals surface area contributed by atoms with E-state index in [2.05, 4.69) is 19.2 Å². The van der Waals surface area contributed by atoms with E-state index in [0.29, 0.717) is 18.2 Å². The first-order valence-corrected chi connectivity index (χ1v) is 7.72. The summed E-state index contributed by atoms with van der Waals surface area (Å²) in [6.45, 7) is 6.98. The molecule has 0 aromatic heterocycles. The van der Waals surface area contributed by atoms with E-state index in [4.69, 9.17) is 10.5 Å². The molecular weight excluding hydrogens is 264 g/mol. The number of nitrogens with two attached hydrogens (primary N) is 1. The Morgan fingerprint density at radius 3 is 2.71 bits per heavy atom. The highest BCUT2D eigenvalue weighted by Gasteiger charge is 2.08. The number of hydrogen-bond acceptors (Lipinski definition) is 3. The average molecular weight is 292 g/mol. The van der Waals surface area contributed by atoms with Crippen LogP contribution in [0, 0.1) is 5.92 Å². The van der Waals surface area contributed by atoms with Gasteiger partial charge in [-0.3, -0.25) is 4.79 Å². The van der Waals surface area contributed by atoms with Gasteiger partial charge in [0, 0.05) is 12.6 Å². The van der Waals surface area contributed by atoms with Crippen molar-refractivity contribution in [1.82, 2.24) is 5.32 Å². The Morgan fingerprint density at radius 1 is 1.29 bits per heavy atom. The molecule has 1 atom stereocenters. The van der Waals surface area contributed by atoms with Crippen LogP contribution in [0.2, 0.25) is 0 Å². The molecule has 1 aromatic rings. The highest BCUT2D eigenvalue weighted by molar-refractivity contribution is 5.77. The lowest BCUT2D eigenvalue weighted by atomic mass is 10.0. The van der Waals surface area contributed by atoms with Crippen LogP contribution in [0.15, 0.2) is 24.3 Å². The third-order valence-corrected chi connectivity index (χ3v) is 3.33. The molecule has 0 aliphatic rings. The molecule has 1 unspecified atom stereocenters. The summed E-state index contributed by atoms with van der Waals surface area (Å²) in [6.07, 6.45) is 3.34. The Labute approximate surface area is 128 Å². The van der Waals surface area contributed by atoms with Gasteiger partial charge in [0.2, 0.25) is 0 Å². The molecule has 0 heterocycles. The van der Waals surface area contributed by atoms with Crippen molar-refractivity contribution >= 4 is 5.91 Å². The summed E-state index contributed by atoms with van der Waals surface area (Å²) in [4.78, 5) is 11.8. The van der Waals surface area contributed by atoms with Gasteiger partial charge in [0.25, 0.3) is 5.91 Å². The molecule has 1 rings (SSSR count). The van der Waals surface area contributed by atoms with Crippen LogP contribution in [0.25, 0.3) is 0 Å². The van der Waals surface area contributed by atoms with Crippen molar-refractivity contribution in [3.63, 3.8) is 0 Å². The molecule has 21 heavy (non-hydrogen) atoms. The van der Waals surface area contributed by atoms with Gasteiger partial charge in [-0.2, -0.15) is 0 Å². The van der Waals surface area contributed by atoms with Crippen LogP contribution in [0.5, 0.6) is 5.75 Å². The fourth-order valence-electron chi connectivity index (χ4n) is 2.13. The summed E-state index contributed by atoms with van der Waals surface area (Å²) in [7, 11) is 0. The zero-order valence-corrected chi connectivity index (χ0v) is 13.4. The smallest absolute Gasteiger partial charge is 0.258 e. The quantitative estimate of drug-likeness (QED) is 0.735. The second-order valence-corrected chi connectivity index (χ2v) is 5.93. The van der Waals surface area contributed by atoms with Gasteiger partial charge in [-0.15, -0.1) is 0 Å². The van der Waals surface area contributed by atoms with Gasteiger partial charge in [0.15, 0.2) is 6.61 Å². The molecule has 0 radical (unpaired) electrons. The van der Waals surface area contributed by atoms with Gasteiger partial charge < -0.3 is 15.8 Å². The standard InChI is InChI=1S/C17H28N2O2/c1-13(2)6-4-7-14(3)19-17(20)12-21-16-9-5-8-15(10-16)11-18/h5,8-10,13-14H,4,6-7,11-12,18H2,1-3H3,(H,19,20). The molecule has 1 aromatic carbocycles. The van der Waals surface area contributed by atoms with Gasteiger partial charge in [-0.1, -0.05) is 38.8 Å². The minimum atomic E-state index is -0.0785.